The van der Waals surface area contributed by atoms with E-state index >= 15 is 0 Å². The van der Waals surface area contributed by atoms with Gasteiger partial charge in [-0.05, 0) is 24.3 Å². The molecule has 1 atom stereocenters. The van der Waals surface area contributed by atoms with E-state index in [0.717, 1.165) is 13.0 Å². The first-order valence-corrected chi connectivity index (χ1v) is 9.37. The quantitative estimate of drug-likeness (QED) is 0.353. The lowest BCUT2D eigenvalue weighted by atomic mass is 10.1. The van der Waals surface area contributed by atoms with E-state index < -0.39 is 47.4 Å². The first-order chi connectivity index (χ1) is 15.3. The van der Waals surface area contributed by atoms with Crippen LogP contribution in [0.4, 0.5) is 30.7 Å². The lowest BCUT2D eigenvalue weighted by Crippen LogP contribution is -2.31. The molecular weight excluding hydrogens is 483 g/mol. The van der Waals surface area contributed by atoms with Gasteiger partial charge in [-0.3, -0.25) is 4.79 Å². The molecule has 13 heteroatoms. The molecule has 1 unspecified atom stereocenters. The number of aromatic nitrogens is 2. The van der Waals surface area contributed by atoms with Crippen molar-refractivity contribution in [2.45, 2.75) is 25.5 Å². The van der Waals surface area contributed by atoms with Crippen LogP contribution in [0.15, 0.2) is 48.5 Å². The molecule has 1 aromatic heterocycles. The number of halogens is 8. The lowest BCUT2D eigenvalue weighted by molar-refractivity contribution is -0.141. The average Bonchev–Trinajstić information content (AvgIpc) is 3.10. The summed E-state index contributed by atoms with van der Waals surface area (Å²) < 4.78 is 98.7. The minimum Gasteiger partial charge on any atom is -0.449 e. The Balaban J connectivity index is 2.09. The number of rotatable bonds is 5. The Labute approximate surface area is 186 Å². The smallest absolute Gasteiger partial charge is 0.435 e. The second-order valence-electron chi connectivity index (χ2n) is 6.66. The van der Waals surface area contributed by atoms with E-state index in [1.807, 2.05) is 0 Å². The zero-order valence-electron chi connectivity index (χ0n) is 16.4. The second kappa shape index (κ2) is 8.93. The first kappa shape index (κ1) is 24.4. The van der Waals surface area contributed by atoms with Crippen LogP contribution >= 0.6 is 11.6 Å². The number of carbonyl (C=O) groups is 1. The molecule has 3 rings (SSSR count). The molecule has 176 valence electrons. The van der Waals surface area contributed by atoms with Gasteiger partial charge in [0, 0.05) is 18.6 Å². The second-order valence-corrected chi connectivity index (χ2v) is 7.07. The zero-order valence-corrected chi connectivity index (χ0v) is 17.2. The summed E-state index contributed by atoms with van der Waals surface area (Å²) in [4.78, 5) is 11.6. The van der Waals surface area contributed by atoms with E-state index in [1.54, 1.807) is 0 Å². The van der Waals surface area contributed by atoms with Crippen molar-refractivity contribution >= 4 is 17.5 Å². The van der Waals surface area contributed by atoms with Crippen LogP contribution in [0.1, 0.15) is 30.0 Å². The number of amides is 1. The third-order valence-electron chi connectivity index (χ3n) is 4.22. The molecule has 1 heterocycles. The summed E-state index contributed by atoms with van der Waals surface area (Å²) in [6.45, 7) is 1.03. The standard InChI is InChI=1S/C20H13ClF7N3O2/c1-10(32)29-18(11-6-7-12(14(22)8-11)19(23,24)25)33-17-9-16(20(26,27)28)30-31(17)15-5-3-2-4-13(15)21/h2-9,18H,1H3,(H,29,32). The molecule has 0 fully saturated rings. The monoisotopic (exact) mass is 495 g/mol. The predicted octanol–water partition coefficient (Wildman–Crippen LogP) is 5.92. The van der Waals surface area contributed by atoms with Crippen molar-refractivity contribution < 1.29 is 40.3 Å². The van der Waals surface area contributed by atoms with E-state index in [2.05, 4.69) is 10.4 Å². The molecule has 0 bridgehead atoms. The Morgan fingerprint density at radius 1 is 1.06 bits per heavy atom. The topological polar surface area (TPSA) is 56.1 Å². The Morgan fingerprint density at radius 2 is 1.73 bits per heavy atom. The van der Waals surface area contributed by atoms with Crippen molar-refractivity contribution in [2.24, 2.45) is 0 Å². The summed E-state index contributed by atoms with van der Waals surface area (Å²) in [5.74, 6) is -2.97. The highest BCUT2D eigenvalue weighted by Crippen LogP contribution is 2.36. The Morgan fingerprint density at radius 3 is 2.27 bits per heavy atom. The number of hydrogen-bond donors (Lipinski definition) is 1. The Hall–Kier alpha value is -3.28. The zero-order chi connectivity index (χ0) is 24.6. The molecule has 5 nitrogen and oxygen atoms in total. The third kappa shape index (κ3) is 5.56. The predicted molar refractivity (Wildman–Crippen MR) is 102 cm³/mol. The van der Waals surface area contributed by atoms with Crippen LogP contribution < -0.4 is 10.1 Å². The maximum absolute atomic E-state index is 14.1. The van der Waals surface area contributed by atoms with Crippen LogP contribution in [-0.4, -0.2) is 15.7 Å². The SMILES string of the molecule is CC(=O)NC(Oc1cc(C(F)(F)F)nn1-c1ccccc1Cl)c1ccc(C(F)(F)F)c(F)c1. The van der Waals surface area contributed by atoms with Crippen LogP contribution in [0.2, 0.25) is 5.02 Å². The maximum atomic E-state index is 14.1. The maximum Gasteiger partial charge on any atom is 0.435 e. The van der Waals surface area contributed by atoms with E-state index in [1.165, 1.54) is 24.3 Å². The number of alkyl halides is 6. The summed E-state index contributed by atoms with van der Waals surface area (Å²) in [5, 5.41) is 5.67. The molecule has 0 radical (unpaired) electrons. The van der Waals surface area contributed by atoms with Gasteiger partial charge in [-0.2, -0.15) is 36.1 Å². The molecular formula is C20H13ClF7N3O2. The van der Waals surface area contributed by atoms with Crippen LogP contribution in [0.25, 0.3) is 5.69 Å². The molecule has 0 saturated heterocycles. The molecule has 0 aliphatic rings. The van der Waals surface area contributed by atoms with Crippen LogP contribution in [0.3, 0.4) is 0 Å². The first-order valence-electron chi connectivity index (χ1n) is 9.00. The van der Waals surface area contributed by atoms with Gasteiger partial charge in [0.1, 0.15) is 5.82 Å². The summed E-state index contributed by atoms with van der Waals surface area (Å²) in [6.07, 6.45) is -11.5. The highest BCUT2D eigenvalue weighted by atomic mass is 35.5. The van der Waals surface area contributed by atoms with Gasteiger partial charge >= 0.3 is 12.4 Å². The number of hydrogen-bond acceptors (Lipinski definition) is 3. The highest BCUT2D eigenvalue weighted by Gasteiger charge is 2.37. The van der Waals surface area contributed by atoms with Crippen molar-refractivity contribution in [1.82, 2.24) is 15.1 Å². The fourth-order valence-electron chi connectivity index (χ4n) is 2.79. The number of benzene rings is 2. The number of nitrogens with zero attached hydrogens (tertiary/aromatic N) is 2. The van der Waals surface area contributed by atoms with E-state index in [4.69, 9.17) is 16.3 Å². The van der Waals surface area contributed by atoms with Crippen molar-refractivity contribution in [2.75, 3.05) is 0 Å². The van der Waals surface area contributed by atoms with Gasteiger partial charge in [0.05, 0.1) is 16.3 Å². The van der Waals surface area contributed by atoms with Crippen molar-refractivity contribution in [3.05, 3.63) is 76.2 Å². The summed E-state index contributed by atoms with van der Waals surface area (Å²) in [6, 6.07) is 7.94. The number of para-hydroxylation sites is 1. The molecule has 3 aromatic rings. The van der Waals surface area contributed by atoms with Gasteiger partial charge in [-0.25, -0.2) is 4.39 Å². The summed E-state index contributed by atoms with van der Waals surface area (Å²) >= 11 is 6.05. The average molecular weight is 496 g/mol. The van der Waals surface area contributed by atoms with Crippen LogP contribution in [0, 0.1) is 5.82 Å². The third-order valence-corrected chi connectivity index (χ3v) is 4.54. The molecule has 0 saturated carbocycles. The molecule has 33 heavy (non-hydrogen) atoms. The summed E-state index contributed by atoms with van der Waals surface area (Å²) in [5.41, 5.74) is -3.23. The van der Waals surface area contributed by atoms with Gasteiger partial charge in [-0.1, -0.05) is 29.8 Å². The van der Waals surface area contributed by atoms with E-state index in [9.17, 15) is 35.5 Å². The van der Waals surface area contributed by atoms with Gasteiger partial charge < -0.3 is 10.1 Å². The summed E-state index contributed by atoms with van der Waals surface area (Å²) in [7, 11) is 0. The van der Waals surface area contributed by atoms with Crippen LogP contribution in [0.5, 0.6) is 5.88 Å². The molecule has 1 N–H and O–H groups in total. The van der Waals surface area contributed by atoms with E-state index in [0.29, 0.717) is 22.9 Å². The lowest BCUT2D eigenvalue weighted by Gasteiger charge is -2.21. The van der Waals surface area contributed by atoms with Gasteiger partial charge in [0.15, 0.2) is 11.9 Å². The fourth-order valence-corrected chi connectivity index (χ4v) is 3.01. The van der Waals surface area contributed by atoms with E-state index in [-0.39, 0.29) is 16.3 Å². The van der Waals surface area contributed by atoms with Crippen molar-refractivity contribution in [3.8, 4) is 11.6 Å². The number of carbonyl (C=O) groups excluding carboxylic acids is 1. The molecule has 2 aromatic carbocycles. The molecule has 1 amide bonds. The van der Waals surface area contributed by atoms with Crippen molar-refractivity contribution in [1.29, 1.82) is 0 Å². The van der Waals surface area contributed by atoms with Crippen LogP contribution in [-0.2, 0) is 17.1 Å². The highest BCUT2D eigenvalue weighted by molar-refractivity contribution is 6.32. The molecule has 0 aliphatic carbocycles. The normalized spacial score (nSPS) is 13.0. The molecule has 0 aliphatic heterocycles. The number of ether oxygens (including phenoxy) is 1. The Kier molecular flexibility index (Phi) is 6.59. The van der Waals surface area contributed by atoms with Gasteiger partial charge in [0.2, 0.25) is 11.8 Å². The fraction of sp³-hybridized carbons (Fsp3) is 0.200. The molecule has 0 spiro atoms. The Bertz CT molecular complexity index is 1180. The largest absolute Gasteiger partial charge is 0.449 e. The number of nitrogens with one attached hydrogen (secondary N) is 1. The minimum atomic E-state index is -4.97. The minimum absolute atomic E-state index is 0.00941. The van der Waals surface area contributed by atoms with Crippen molar-refractivity contribution in [3.63, 3.8) is 0 Å². The van der Waals surface area contributed by atoms with Gasteiger partial charge in [-0.15, -0.1) is 0 Å². The van der Waals surface area contributed by atoms with Gasteiger partial charge in [0.25, 0.3) is 0 Å².